The standard InChI is InChI=1S/C20H32O3/c1-4-5-6-7-8-9-10-14-18(16-22-3)23-20(21)19-15-12-11-13-17(19)2/h11-13,15,18H,4-10,14,16H2,1-3H3. The minimum Gasteiger partial charge on any atom is -0.456 e. The number of methoxy groups -OCH3 is 1. The van der Waals surface area contributed by atoms with Crippen LogP contribution < -0.4 is 0 Å². The predicted molar refractivity (Wildman–Crippen MR) is 94.9 cm³/mol. The van der Waals surface area contributed by atoms with Gasteiger partial charge in [0.05, 0.1) is 12.2 Å². The van der Waals surface area contributed by atoms with E-state index in [4.69, 9.17) is 9.47 Å². The zero-order valence-electron chi connectivity index (χ0n) is 15.0. The van der Waals surface area contributed by atoms with Gasteiger partial charge in [-0.05, 0) is 31.4 Å². The monoisotopic (exact) mass is 320 g/mol. The number of aryl methyl sites for hydroxylation is 1. The van der Waals surface area contributed by atoms with Gasteiger partial charge in [0.1, 0.15) is 6.10 Å². The fraction of sp³-hybridized carbons (Fsp3) is 0.650. The number of unbranched alkanes of at least 4 members (excludes halogenated alkanes) is 6. The van der Waals surface area contributed by atoms with Gasteiger partial charge in [-0.3, -0.25) is 0 Å². The molecule has 0 aliphatic carbocycles. The number of carbonyl (C=O) groups is 1. The molecule has 1 rings (SSSR count). The lowest BCUT2D eigenvalue weighted by Crippen LogP contribution is -2.23. The van der Waals surface area contributed by atoms with Crippen LogP contribution in [0.3, 0.4) is 0 Å². The summed E-state index contributed by atoms with van der Waals surface area (Å²) in [5.74, 6) is -0.243. The molecule has 0 N–H and O–H groups in total. The van der Waals surface area contributed by atoms with Crippen LogP contribution in [-0.4, -0.2) is 25.8 Å². The molecule has 0 aromatic heterocycles. The molecular formula is C20H32O3. The quantitative estimate of drug-likeness (QED) is 0.387. The van der Waals surface area contributed by atoms with Gasteiger partial charge >= 0.3 is 5.97 Å². The van der Waals surface area contributed by atoms with Crippen molar-refractivity contribution in [2.75, 3.05) is 13.7 Å². The molecule has 0 amide bonds. The topological polar surface area (TPSA) is 35.5 Å². The Balaban J connectivity index is 2.34. The largest absolute Gasteiger partial charge is 0.456 e. The van der Waals surface area contributed by atoms with E-state index in [0.29, 0.717) is 12.2 Å². The van der Waals surface area contributed by atoms with E-state index in [1.54, 1.807) is 7.11 Å². The Morgan fingerprint density at radius 1 is 1.04 bits per heavy atom. The van der Waals surface area contributed by atoms with E-state index >= 15 is 0 Å². The molecule has 1 unspecified atom stereocenters. The molecule has 0 fully saturated rings. The first-order valence-corrected chi connectivity index (χ1v) is 8.94. The molecule has 1 aromatic carbocycles. The van der Waals surface area contributed by atoms with Crippen LogP contribution in [0.25, 0.3) is 0 Å². The molecule has 23 heavy (non-hydrogen) atoms. The first-order chi connectivity index (χ1) is 11.2. The highest BCUT2D eigenvalue weighted by Crippen LogP contribution is 2.15. The second-order valence-corrected chi connectivity index (χ2v) is 6.21. The van der Waals surface area contributed by atoms with E-state index in [1.807, 2.05) is 31.2 Å². The summed E-state index contributed by atoms with van der Waals surface area (Å²) >= 11 is 0. The maximum atomic E-state index is 12.3. The summed E-state index contributed by atoms with van der Waals surface area (Å²) in [4.78, 5) is 12.3. The molecule has 0 bridgehead atoms. The second-order valence-electron chi connectivity index (χ2n) is 6.21. The smallest absolute Gasteiger partial charge is 0.338 e. The molecule has 1 aromatic rings. The van der Waals surface area contributed by atoms with Gasteiger partial charge in [0, 0.05) is 7.11 Å². The summed E-state index contributed by atoms with van der Waals surface area (Å²) in [5, 5.41) is 0. The van der Waals surface area contributed by atoms with E-state index in [2.05, 4.69) is 6.92 Å². The molecule has 0 aliphatic heterocycles. The van der Waals surface area contributed by atoms with Gasteiger partial charge in [0.25, 0.3) is 0 Å². The Morgan fingerprint density at radius 2 is 1.70 bits per heavy atom. The van der Waals surface area contributed by atoms with Crippen molar-refractivity contribution < 1.29 is 14.3 Å². The molecule has 0 spiro atoms. The number of benzene rings is 1. The van der Waals surface area contributed by atoms with Crippen molar-refractivity contribution in [1.29, 1.82) is 0 Å². The summed E-state index contributed by atoms with van der Waals surface area (Å²) in [6.07, 6.45) is 9.54. The fourth-order valence-corrected chi connectivity index (χ4v) is 2.71. The van der Waals surface area contributed by atoms with Gasteiger partial charge in [-0.25, -0.2) is 4.79 Å². The molecule has 0 saturated carbocycles. The Kier molecular flexibility index (Phi) is 10.4. The lowest BCUT2D eigenvalue weighted by Gasteiger charge is -2.17. The Labute approximate surface area is 141 Å². The van der Waals surface area contributed by atoms with Crippen molar-refractivity contribution in [2.45, 2.75) is 71.3 Å². The molecule has 0 saturated heterocycles. The Hall–Kier alpha value is -1.35. The van der Waals surface area contributed by atoms with Crippen molar-refractivity contribution in [3.63, 3.8) is 0 Å². The van der Waals surface area contributed by atoms with Crippen LogP contribution in [-0.2, 0) is 9.47 Å². The van der Waals surface area contributed by atoms with E-state index in [1.165, 1.54) is 38.5 Å². The summed E-state index contributed by atoms with van der Waals surface area (Å²) in [6.45, 7) is 4.63. The maximum absolute atomic E-state index is 12.3. The lowest BCUT2D eigenvalue weighted by molar-refractivity contribution is 0.00230. The summed E-state index contributed by atoms with van der Waals surface area (Å²) in [6, 6.07) is 7.54. The third-order valence-corrected chi connectivity index (χ3v) is 4.12. The highest BCUT2D eigenvalue weighted by Gasteiger charge is 2.17. The van der Waals surface area contributed by atoms with E-state index in [0.717, 1.165) is 18.4 Å². The van der Waals surface area contributed by atoms with Gasteiger partial charge < -0.3 is 9.47 Å². The van der Waals surface area contributed by atoms with E-state index < -0.39 is 0 Å². The van der Waals surface area contributed by atoms with Crippen LogP contribution in [0.4, 0.5) is 0 Å². The summed E-state index contributed by atoms with van der Waals surface area (Å²) in [5.41, 5.74) is 1.60. The molecule has 3 heteroatoms. The van der Waals surface area contributed by atoms with Crippen LogP contribution in [0.15, 0.2) is 24.3 Å². The average molecular weight is 320 g/mol. The first-order valence-electron chi connectivity index (χ1n) is 8.94. The third-order valence-electron chi connectivity index (χ3n) is 4.12. The lowest BCUT2D eigenvalue weighted by atomic mass is 10.1. The SMILES string of the molecule is CCCCCCCCCC(COC)OC(=O)c1ccccc1C. The zero-order valence-corrected chi connectivity index (χ0v) is 15.0. The number of ether oxygens (including phenoxy) is 2. The minimum absolute atomic E-state index is 0.150. The normalized spacial score (nSPS) is 12.1. The van der Waals surface area contributed by atoms with Crippen molar-refractivity contribution >= 4 is 5.97 Å². The number of hydrogen-bond donors (Lipinski definition) is 0. The second kappa shape index (κ2) is 12.1. The van der Waals surface area contributed by atoms with Gasteiger partial charge in [-0.15, -0.1) is 0 Å². The highest BCUT2D eigenvalue weighted by molar-refractivity contribution is 5.91. The van der Waals surface area contributed by atoms with E-state index in [-0.39, 0.29) is 12.1 Å². The molecule has 1 atom stereocenters. The molecule has 0 heterocycles. The van der Waals surface area contributed by atoms with Gasteiger partial charge in [0.15, 0.2) is 0 Å². The number of rotatable bonds is 12. The van der Waals surface area contributed by atoms with Crippen LogP contribution in [0.1, 0.15) is 74.2 Å². The molecular weight excluding hydrogens is 288 g/mol. The molecule has 0 aliphatic rings. The fourth-order valence-electron chi connectivity index (χ4n) is 2.71. The predicted octanol–water partition coefficient (Wildman–Crippen LogP) is 5.31. The molecule has 3 nitrogen and oxygen atoms in total. The van der Waals surface area contributed by atoms with Crippen molar-refractivity contribution in [1.82, 2.24) is 0 Å². The number of esters is 1. The maximum Gasteiger partial charge on any atom is 0.338 e. The first kappa shape index (κ1) is 19.7. The zero-order chi connectivity index (χ0) is 16.9. The van der Waals surface area contributed by atoms with Crippen molar-refractivity contribution in [2.24, 2.45) is 0 Å². The van der Waals surface area contributed by atoms with Crippen LogP contribution in [0.2, 0.25) is 0 Å². The molecule has 0 radical (unpaired) electrons. The average Bonchev–Trinajstić information content (AvgIpc) is 2.54. The number of carbonyl (C=O) groups excluding carboxylic acids is 1. The highest BCUT2D eigenvalue weighted by atomic mass is 16.6. The third kappa shape index (κ3) is 8.17. The summed E-state index contributed by atoms with van der Waals surface area (Å²) in [7, 11) is 1.65. The summed E-state index contributed by atoms with van der Waals surface area (Å²) < 4.78 is 10.8. The minimum atomic E-state index is -0.243. The van der Waals surface area contributed by atoms with Crippen LogP contribution in [0.5, 0.6) is 0 Å². The van der Waals surface area contributed by atoms with Crippen LogP contribution in [0, 0.1) is 6.92 Å². The Morgan fingerprint density at radius 3 is 2.35 bits per heavy atom. The van der Waals surface area contributed by atoms with Crippen molar-refractivity contribution in [3.8, 4) is 0 Å². The van der Waals surface area contributed by atoms with E-state index in [9.17, 15) is 4.79 Å². The molecule has 130 valence electrons. The number of hydrogen-bond acceptors (Lipinski definition) is 3. The van der Waals surface area contributed by atoms with Gasteiger partial charge in [-0.2, -0.15) is 0 Å². The van der Waals surface area contributed by atoms with Gasteiger partial charge in [0.2, 0.25) is 0 Å². The van der Waals surface area contributed by atoms with Crippen LogP contribution >= 0.6 is 0 Å². The van der Waals surface area contributed by atoms with Gasteiger partial charge in [-0.1, -0.05) is 63.6 Å². The Bertz CT molecular complexity index is 442. The van der Waals surface area contributed by atoms with Crippen molar-refractivity contribution in [3.05, 3.63) is 35.4 Å².